The van der Waals surface area contributed by atoms with Gasteiger partial charge in [0.2, 0.25) is 5.91 Å². The van der Waals surface area contributed by atoms with Crippen LogP contribution in [0.2, 0.25) is 0 Å². The summed E-state index contributed by atoms with van der Waals surface area (Å²) in [6, 6.07) is 9.00. The lowest BCUT2D eigenvalue weighted by molar-refractivity contribution is -0.116. The van der Waals surface area contributed by atoms with Crippen LogP contribution in [-0.4, -0.2) is 19.0 Å². The number of nitrogens with one attached hydrogen (secondary N) is 2. The van der Waals surface area contributed by atoms with E-state index in [0.29, 0.717) is 17.9 Å². The SMILES string of the molecule is N#Cc1ccc(NC(=O)CCC2CCCNC2)cc1. The first-order valence-corrected chi connectivity index (χ1v) is 6.78. The molecule has 1 aromatic rings. The molecule has 1 heterocycles. The minimum absolute atomic E-state index is 0.0512. The minimum atomic E-state index is 0.0512. The maximum atomic E-state index is 11.8. The molecule has 2 N–H and O–H groups in total. The number of piperidine rings is 1. The van der Waals surface area contributed by atoms with Crippen LogP contribution in [0.25, 0.3) is 0 Å². The highest BCUT2D eigenvalue weighted by atomic mass is 16.1. The summed E-state index contributed by atoms with van der Waals surface area (Å²) >= 11 is 0. The second kappa shape index (κ2) is 6.91. The molecule has 2 rings (SSSR count). The summed E-state index contributed by atoms with van der Waals surface area (Å²) in [6.07, 6.45) is 3.93. The lowest BCUT2D eigenvalue weighted by Crippen LogP contribution is -2.30. The Labute approximate surface area is 113 Å². The molecule has 1 aromatic carbocycles. The molecular formula is C15H19N3O. The third kappa shape index (κ3) is 4.38. The smallest absolute Gasteiger partial charge is 0.224 e. The highest BCUT2D eigenvalue weighted by Gasteiger charge is 2.14. The molecule has 0 aromatic heterocycles. The Morgan fingerprint density at radius 2 is 2.21 bits per heavy atom. The van der Waals surface area contributed by atoms with Gasteiger partial charge in [-0.3, -0.25) is 4.79 Å². The van der Waals surface area contributed by atoms with Crippen LogP contribution in [0.1, 0.15) is 31.2 Å². The number of hydrogen-bond donors (Lipinski definition) is 2. The van der Waals surface area contributed by atoms with Crippen molar-refractivity contribution in [1.29, 1.82) is 5.26 Å². The maximum Gasteiger partial charge on any atom is 0.224 e. The molecule has 19 heavy (non-hydrogen) atoms. The lowest BCUT2D eigenvalue weighted by Gasteiger charge is -2.22. The molecule has 0 saturated carbocycles. The Hall–Kier alpha value is -1.86. The van der Waals surface area contributed by atoms with E-state index in [9.17, 15) is 4.79 Å². The summed E-state index contributed by atoms with van der Waals surface area (Å²) in [4.78, 5) is 11.8. The zero-order valence-electron chi connectivity index (χ0n) is 11.0. The van der Waals surface area contributed by atoms with Gasteiger partial charge in [0.1, 0.15) is 0 Å². The molecule has 1 aliphatic heterocycles. The van der Waals surface area contributed by atoms with Crippen molar-refractivity contribution in [3.8, 4) is 6.07 Å². The van der Waals surface area contributed by atoms with Crippen molar-refractivity contribution in [2.75, 3.05) is 18.4 Å². The molecule has 0 radical (unpaired) electrons. The van der Waals surface area contributed by atoms with E-state index >= 15 is 0 Å². The summed E-state index contributed by atoms with van der Waals surface area (Å²) in [5.41, 5.74) is 1.36. The van der Waals surface area contributed by atoms with Gasteiger partial charge in [-0.2, -0.15) is 5.26 Å². The fourth-order valence-electron chi connectivity index (χ4n) is 2.36. The molecule has 1 amide bonds. The molecule has 0 spiro atoms. The van der Waals surface area contributed by atoms with E-state index < -0.39 is 0 Å². The van der Waals surface area contributed by atoms with Crippen LogP contribution in [0.3, 0.4) is 0 Å². The van der Waals surface area contributed by atoms with Crippen LogP contribution in [0.5, 0.6) is 0 Å². The molecule has 0 bridgehead atoms. The van der Waals surface area contributed by atoms with Crippen molar-refractivity contribution in [3.05, 3.63) is 29.8 Å². The first-order chi connectivity index (χ1) is 9.28. The number of rotatable bonds is 4. The number of nitriles is 1. The molecule has 1 unspecified atom stereocenters. The van der Waals surface area contributed by atoms with Crippen LogP contribution < -0.4 is 10.6 Å². The van der Waals surface area contributed by atoms with Gasteiger partial charge in [-0.1, -0.05) is 0 Å². The second-order valence-electron chi connectivity index (χ2n) is 4.99. The van der Waals surface area contributed by atoms with Crippen LogP contribution in [0, 0.1) is 17.2 Å². The molecule has 0 aliphatic carbocycles. The molecule has 1 aliphatic rings. The Kier molecular flexibility index (Phi) is 4.93. The zero-order chi connectivity index (χ0) is 13.5. The molecule has 4 nitrogen and oxygen atoms in total. The number of nitrogens with zero attached hydrogens (tertiary/aromatic N) is 1. The van der Waals surface area contributed by atoms with Crippen molar-refractivity contribution >= 4 is 11.6 Å². The molecule has 1 atom stereocenters. The summed E-state index contributed by atoms with van der Waals surface area (Å²) in [5.74, 6) is 0.677. The highest BCUT2D eigenvalue weighted by Crippen LogP contribution is 2.16. The minimum Gasteiger partial charge on any atom is -0.326 e. The van der Waals surface area contributed by atoms with Crippen molar-refractivity contribution in [2.45, 2.75) is 25.7 Å². The Morgan fingerprint density at radius 3 is 2.84 bits per heavy atom. The summed E-state index contributed by atoms with van der Waals surface area (Å²) in [6.45, 7) is 2.14. The molecule has 1 saturated heterocycles. The van der Waals surface area contributed by atoms with Gasteiger partial charge in [0, 0.05) is 12.1 Å². The lowest BCUT2D eigenvalue weighted by atomic mass is 9.94. The van der Waals surface area contributed by atoms with E-state index in [0.717, 1.165) is 25.2 Å². The monoisotopic (exact) mass is 257 g/mol. The first kappa shape index (κ1) is 13.6. The van der Waals surface area contributed by atoms with E-state index in [2.05, 4.69) is 16.7 Å². The van der Waals surface area contributed by atoms with Gasteiger partial charge in [0.05, 0.1) is 11.6 Å². The van der Waals surface area contributed by atoms with Gasteiger partial charge < -0.3 is 10.6 Å². The summed E-state index contributed by atoms with van der Waals surface area (Å²) < 4.78 is 0. The Balaban J connectivity index is 1.75. The average molecular weight is 257 g/mol. The van der Waals surface area contributed by atoms with E-state index in [-0.39, 0.29) is 5.91 Å². The fourth-order valence-corrected chi connectivity index (χ4v) is 2.36. The molecule has 100 valence electrons. The number of anilines is 1. The molecule has 4 heteroatoms. The maximum absolute atomic E-state index is 11.8. The predicted molar refractivity (Wildman–Crippen MR) is 74.6 cm³/mol. The van der Waals surface area contributed by atoms with Crippen molar-refractivity contribution in [1.82, 2.24) is 5.32 Å². The number of amides is 1. The van der Waals surface area contributed by atoms with Crippen LogP contribution >= 0.6 is 0 Å². The number of hydrogen-bond acceptors (Lipinski definition) is 3. The van der Waals surface area contributed by atoms with Crippen molar-refractivity contribution in [3.63, 3.8) is 0 Å². The normalized spacial score (nSPS) is 18.6. The molecular weight excluding hydrogens is 238 g/mol. The van der Waals surface area contributed by atoms with E-state index in [1.807, 2.05) is 0 Å². The topological polar surface area (TPSA) is 64.9 Å². The third-order valence-electron chi connectivity index (χ3n) is 3.48. The average Bonchev–Trinajstić information content (AvgIpc) is 2.47. The second-order valence-corrected chi connectivity index (χ2v) is 4.99. The van der Waals surface area contributed by atoms with Crippen LogP contribution in [0.4, 0.5) is 5.69 Å². The predicted octanol–water partition coefficient (Wildman–Crippen LogP) is 2.28. The van der Waals surface area contributed by atoms with Gasteiger partial charge in [-0.15, -0.1) is 0 Å². The number of carbonyl (C=O) groups is 1. The summed E-state index contributed by atoms with van der Waals surface area (Å²) in [7, 11) is 0. The van der Waals surface area contributed by atoms with E-state index in [1.165, 1.54) is 12.8 Å². The number of benzene rings is 1. The Morgan fingerprint density at radius 1 is 1.42 bits per heavy atom. The van der Waals surface area contributed by atoms with Gasteiger partial charge in [0.15, 0.2) is 0 Å². The largest absolute Gasteiger partial charge is 0.326 e. The quantitative estimate of drug-likeness (QED) is 0.869. The standard InChI is InChI=1S/C15H19N3O/c16-10-12-3-6-14(7-4-12)18-15(19)8-5-13-2-1-9-17-11-13/h3-4,6-7,13,17H,1-2,5,8-9,11H2,(H,18,19). The van der Waals surface area contributed by atoms with Gasteiger partial charge in [-0.25, -0.2) is 0 Å². The number of carbonyl (C=O) groups excluding carboxylic acids is 1. The Bertz CT molecular complexity index is 455. The van der Waals surface area contributed by atoms with Crippen molar-refractivity contribution in [2.24, 2.45) is 5.92 Å². The zero-order valence-corrected chi connectivity index (χ0v) is 11.0. The van der Waals surface area contributed by atoms with Crippen LogP contribution in [-0.2, 0) is 4.79 Å². The highest BCUT2D eigenvalue weighted by molar-refractivity contribution is 5.90. The van der Waals surface area contributed by atoms with Gasteiger partial charge in [0.25, 0.3) is 0 Å². The summed E-state index contributed by atoms with van der Waals surface area (Å²) in [5, 5.41) is 14.9. The first-order valence-electron chi connectivity index (χ1n) is 6.78. The van der Waals surface area contributed by atoms with E-state index in [4.69, 9.17) is 5.26 Å². The van der Waals surface area contributed by atoms with Gasteiger partial charge >= 0.3 is 0 Å². The van der Waals surface area contributed by atoms with E-state index in [1.54, 1.807) is 24.3 Å². The van der Waals surface area contributed by atoms with Crippen LogP contribution in [0.15, 0.2) is 24.3 Å². The fraction of sp³-hybridized carbons (Fsp3) is 0.467. The van der Waals surface area contributed by atoms with Gasteiger partial charge in [-0.05, 0) is 62.5 Å². The third-order valence-corrected chi connectivity index (χ3v) is 3.48. The van der Waals surface area contributed by atoms with Crippen molar-refractivity contribution < 1.29 is 4.79 Å². The molecule has 1 fully saturated rings.